The molecule has 0 rings (SSSR count). The molecule has 0 spiro atoms. The van der Waals surface area contributed by atoms with Crippen LogP contribution in [0.3, 0.4) is 0 Å². The molecular formula is C8H15LiSi. The van der Waals surface area contributed by atoms with Gasteiger partial charge in [-0.15, -0.1) is 0 Å². The van der Waals surface area contributed by atoms with Gasteiger partial charge in [-0.25, -0.2) is 0 Å². The molecule has 0 aromatic rings. The minimum absolute atomic E-state index is 0. The van der Waals surface area contributed by atoms with Gasteiger partial charge in [0.25, 0.3) is 0 Å². The van der Waals surface area contributed by atoms with Crippen molar-refractivity contribution < 1.29 is 18.9 Å². The van der Waals surface area contributed by atoms with Crippen LogP contribution in [0.5, 0.6) is 0 Å². The molecule has 52 valence electrons. The van der Waals surface area contributed by atoms with Gasteiger partial charge in [-0.05, 0) is 0 Å². The van der Waals surface area contributed by atoms with E-state index in [1.165, 1.54) is 18.1 Å². The average molecular weight is 146 g/mol. The van der Waals surface area contributed by atoms with E-state index in [2.05, 4.69) is 26.3 Å². The van der Waals surface area contributed by atoms with Crippen molar-refractivity contribution in [3.05, 3.63) is 6.42 Å². The van der Waals surface area contributed by atoms with Crippen LogP contribution in [-0.4, -0.2) is 8.07 Å². The Bertz CT molecular complexity index is 103. The van der Waals surface area contributed by atoms with E-state index in [4.69, 9.17) is 6.42 Å². The number of hydrogen-bond donors (Lipinski definition) is 0. The fraction of sp³-hybridized carbons (Fsp3) is 0.750. The number of hydrogen-bond acceptors (Lipinski definition) is 0. The SMILES string of the molecule is [C-]#C[Si](CC)(CC)CC.[Li+]. The second-order valence-corrected chi connectivity index (χ2v) is 7.40. The minimum atomic E-state index is -1.27. The summed E-state index contributed by atoms with van der Waals surface area (Å²) < 4.78 is 0. The predicted octanol–water partition coefficient (Wildman–Crippen LogP) is -0.372. The molecule has 0 atom stereocenters. The van der Waals surface area contributed by atoms with E-state index in [9.17, 15) is 0 Å². The van der Waals surface area contributed by atoms with Crippen LogP contribution in [0.1, 0.15) is 20.8 Å². The van der Waals surface area contributed by atoms with Crippen molar-refractivity contribution in [2.24, 2.45) is 0 Å². The first-order valence-corrected chi connectivity index (χ1v) is 6.30. The Morgan fingerprint density at radius 3 is 1.40 bits per heavy atom. The summed E-state index contributed by atoms with van der Waals surface area (Å²) in [6.07, 6.45) is 7.12. The maximum Gasteiger partial charge on any atom is 1.00 e. The Labute approximate surface area is 78.0 Å². The third kappa shape index (κ3) is 2.97. The van der Waals surface area contributed by atoms with Gasteiger partial charge >= 0.3 is 18.9 Å². The molecule has 0 unspecified atom stereocenters. The first-order valence-electron chi connectivity index (χ1n) is 3.68. The van der Waals surface area contributed by atoms with Crippen molar-refractivity contribution in [1.82, 2.24) is 0 Å². The first kappa shape index (κ1) is 13.0. The molecule has 0 aliphatic heterocycles. The van der Waals surface area contributed by atoms with Crippen molar-refractivity contribution in [3.63, 3.8) is 0 Å². The van der Waals surface area contributed by atoms with Gasteiger partial charge in [0.2, 0.25) is 0 Å². The van der Waals surface area contributed by atoms with Gasteiger partial charge in [0.15, 0.2) is 0 Å². The van der Waals surface area contributed by atoms with Gasteiger partial charge in [-0.3, -0.25) is 0 Å². The Morgan fingerprint density at radius 2 is 1.40 bits per heavy atom. The van der Waals surface area contributed by atoms with E-state index in [0.29, 0.717) is 0 Å². The topological polar surface area (TPSA) is 0 Å². The van der Waals surface area contributed by atoms with Crippen molar-refractivity contribution in [2.75, 3.05) is 0 Å². The molecule has 0 amide bonds. The van der Waals surface area contributed by atoms with E-state index in [-0.39, 0.29) is 18.9 Å². The van der Waals surface area contributed by atoms with Crippen LogP contribution >= 0.6 is 0 Å². The van der Waals surface area contributed by atoms with Gasteiger partial charge < -0.3 is 12.0 Å². The quantitative estimate of drug-likeness (QED) is 0.289. The summed E-state index contributed by atoms with van der Waals surface area (Å²) in [7, 11) is -1.27. The zero-order valence-electron chi connectivity index (χ0n) is 7.62. The molecule has 0 N–H and O–H groups in total. The van der Waals surface area contributed by atoms with Gasteiger partial charge in [-0.2, -0.15) is 0 Å². The second-order valence-electron chi connectivity index (χ2n) is 2.47. The third-order valence-corrected chi connectivity index (χ3v) is 6.89. The molecule has 0 fully saturated rings. The number of rotatable bonds is 3. The molecule has 0 nitrogen and oxygen atoms in total. The Kier molecular flexibility index (Phi) is 7.94. The maximum atomic E-state index is 7.12. The van der Waals surface area contributed by atoms with Crippen LogP contribution in [0.15, 0.2) is 0 Å². The van der Waals surface area contributed by atoms with Crippen LogP contribution in [-0.2, 0) is 0 Å². The molecule has 0 saturated carbocycles. The normalized spacial score (nSPS) is 9.80. The fourth-order valence-corrected chi connectivity index (χ4v) is 3.05. The van der Waals surface area contributed by atoms with Gasteiger partial charge in [0.05, 0.1) is 8.07 Å². The van der Waals surface area contributed by atoms with Crippen molar-refractivity contribution in [3.8, 4) is 5.54 Å². The summed E-state index contributed by atoms with van der Waals surface area (Å²) in [5, 5.41) is 0. The van der Waals surface area contributed by atoms with Gasteiger partial charge in [0, 0.05) is 0 Å². The summed E-state index contributed by atoms with van der Waals surface area (Å²) >= 11 is 0. The minimum Gasteiger partial charge on any atom is -0.701 e. The second kappa shape index (κ2) is 6.11. The first-order chi connectivity index (χ1) is 4.24. The summed E-state index contributed by atoms with van der Waals surface area (Å²) in [5.74, 6) is 0. The zero-order valence-corrected chi connectivity index (χ0v) is 8.62. The average Bonchev–Trinajstić information content (AvgIpc) is 1.95. The molecule has 2 heteroatoms. The predicted molar refractivity (Wildman–Crippen MR) is 44.3 cm³/mol. The monoisotopic (exact) mass is 146 g/mol. The van der Waals surface area contributed by atoms with Crippen molar-refractivity contribution in [2.45, 2.75) is 38.9 Å². The van der Waals surface area contributed by atoms with E-state index >= 15 is 0 Å². The van der Waals surface area contributed by atoms with Crippen LogP contribution in [0.4, 0.5) is 0 Å². The Morgan fingerprint density at radius 1 is 1.10 bits per heavy atom. The molecule has 0 heterocycles. The molecule has 0 aliphatic rings. The maximum absolute atomic E-state index is 7.12. The third-order valence-electron chi connectivity index (χ3n) is 2.30. The molecule has 0 aromatic carbocycles. The molecule has 0 saturated heterocycles. The van der Waals surface area contributed by atoms with Gasteiger partial charge in [0.1, 0.15) is 0 Å². The van der Waals surface area contributed by atoms with E-state index in [1.807, 2.05) is 0 Å². The van der Waals surface area contributed by atoms with E-state index < -0.39 is 8.07 Å². The summed E-state index contributed by atoms with van der Waals surface area (Å²) in [5.41, 5.74) is 2.75. The molecule has 0 bridgehead atoms. The van der Waals surface area contributed by atoms with Crippen LogP contribution in [0.2, 0.25) is 18.1 Å². The smallest absolute Gasteiger partial charge is 0.701 e. The molecule has 0 radical (unpaired) electrons. The standard InChI is InChI=1S/C8H15Si.Li/c1-5-9(6-2,7-3)8-4;/h5-7H2,1-3H3;/q-1;+1. The molecule has 0 aromatic heterocycles. The van der Waals surface area contributed by atoms with E-state index in [1.54, 1.807) is 0 Å². The van der Waals surface area contributed by atoms with Crippen LogP contribution in [0.25, 0.3) is 0 Å². The summed E-state index contributed by atoms with van der Waals surface area (Å²) in [6.45, 7) is 6.54. The molecule has 0 aliphatic carbocycles. The van der Waals surface area contributed by atoms with Crippen LogP contribution in [0, 0.1) is 12.0 Å². The van der Waals surface area contributed by atoms with Gasteiger partial charge in [-0.1, -0.05) is 38.9 Å². The summed E-state index contributed by atoms with van der Waals surface area (Å²) in [6, 6.07) is 3.55. The zero-order chi connectivity index (χ0) is 7.33. The van der Waals surface area contributed by atoms with Crippen molar-refractivity contribution >= 4 is 8.07 Å². The largest absolute Gasteiger partial charge is 1.00 e. The van der Waals surface area contributed by atoms with Crippen LogP contribution < -0.4 is 18.9 Å². The fourth-order valence-electron chi connectivity index (χ4n) is 1.02. The Balaban J connectivity index is 0. The van der Waals surface area contributed by atoms with E-state index in [0.717, 1.165) is 0 Å². The summed E-state index contributed by atoms with van der Waals surface area (Å²) in [4.78, 5) is 0. The molecular weight excluding hydrogens is 131 g/mol. The Hall–Kier alpha value is 0.374. The van der Waals surface area contributed by atoms with Crippen molar-refractivity contribution in [1.29, 1.82) is 0 Å². The molecule has 10 heavy (non-hydrogen) atoms.